The summed E-state index contributed by atoms with van der Waals surface area (Å²) in [5.41, 5.74) is 2.44. The third kappa shape index (κ3) is 5.34. The standard InChI is InChI=1S/C20H28N2O3S/c23-20(21-13-11-17-7-3-1-4-8-17)22(15-18-9-5-2-6-10-18)19-12-14-26(24,25)16-19/h2,5-7,9-10,19H,1,3-4,8,11-16H2,(H,21,23). The van der Waals surface area contributed by atoms with Crippen LogP contribution in [0.4, 0.5) is 4.79 Å². The molecule has 0 spiro atoms. The highest BCUT2D eigenvalue weighted by Gasteiger charge is 2.34. The van der Waals surface area contributed by atoms with Crippen molar-refractivity contribution >= 4 is 15.9 Å². The minimum absolute atomic E-state index is 0.0679. The summed E-state index contributed by atoms with van der Waals surface area (Å²) >= 11 is 0. The summed E-state index contributed by atoms with van der Waals surface area (Å²) in [6.07, 6.45) is 8.47. The SMILES string of the molecule is O=C(NCCC1=CCCCC1)N(Cc1ccccc1)C1CCS(=O)(=O)C1. The Morgan fingerprint density at radius 2 is 2.00 bits per heavy atom. The number of nitrogens with zero attached hydrogens (tertiary/aromatic N) is 1. The molecule has 5 nitrogen and oxygen atoms in total. The van der Waals surface area contributed by atoms with E-state index in [9.17, 15) is 13.2 Å². The molecule has 1 aromatic rings. The fraction of sp³-hybridized carbons (Fsp3) is 0.550. The van der Waals surface area contributed by atoms with E-state index in [1.54, 1.807) is 4.90 Å². The molecule has 1 aromatic carbocycles. The van der Waals surface area contributed by atoms with Crippen molar-refractivity contribution in [2.45, 2.75) is 51.1 Å². The molecular formula is C20H28N2O3S. The molecule has 0 radical (unpaired) electrons. The number of hydrogen-bond acceptors (Lipinski definition) is 3. The van der Waals surface area contributed by atoms with Gasteiger partial charge in [-0.25, -0.2) is 13.2 Å². The lowest BCUT2D eigenvalue weighted by Crippen LogP contribution is -2.46. The van der Waals surface area contributed by atoms with Crippen LogP contribution in [0.1, 0.15) is 44.1 Å². The smallest absolute Gasteiger partial charge is 0.317 e. The molecule has 1 saturated heterocycles. The van der Waals surface area contributed by atoms with Gasteiger partial charge in [0.1, 0.15) is 0 Å². The molecule has 1 unspecified atom stereocenters. The molecule has 6 heteroatoms. The fourth-order valence-electron chi connectivity index (χ4n) is 3.73. The maximum absolute atomic E-state index is 12.8. The normalized spacial score (nSPS) is 21.8. The van der Waals surface area contributed by atoms with E-state index in [1.165, 1.54) is 18.4 Å². The molecule has 2 aliphatic rings. The van der Waals surface area contributed by atoms with Crippen molar-refractivity contribution in [1.82, 2.24) is 10.2 Å². The number of carbonyl (C=O) groups is 1. The van der Waals surface area contributed by atoms with Gasteiger partial charge < -0.3 is 10.2 Å². The molecule has 1 aliphatic carbocycles. The first kappa shape index (κ1) is 19.0. The molecule has 3 rings (SSSR count). The van der Waals surface area contributed by atoms with E-state index in [4.69, 9.17) is 0 Å². The lowest BCUT2D eigenvalue weighted by atomic mass is 9.97. The molecule has 26 heavy (non-hydrogen) atoms. The predicted octanol–water partition coefficient (Wildman–Crippen LogP) is 3.28. The highest BCUT2D eigenvalue weighted by Crippen LogP contribution is 2.21. The Labute approximate surface area is 156 Å². The van der Waals surface area contributed by atoms with Crippen molar-refractivity contribution in [3.8, 4) is 0 Å². The maximum Gasteiger partial charge on any atom is 0.317 e. The van der Waals surface area contributed by atoms with Crippen LogP contribution in [0.25, 0.3) is 0 Å². The van der Waals surface area contributed by atoms with Crippen LogP contribution in [-0.4, -0.2) is 43.4 Å². The van der Waals surface area contributed by atoms with Gasteiger partial charge in [-0.1, -0.05) is 42.0 Å². The van der Waals surface area contributed by atoms with Gasteiger partial charge in [-0.05, 0) is 44.1 Å². The van der Waals surface area contributed by atoms with Crippen molar-refractivity contribution in [1.29, 1.82) is 0 Å². The van der Waals surface area contributed by atoms with Gasteiger partial charge in [0.2, 0.25) is 0 Å². The molecule has 1 N–H and O–H groups in total. The third-order valence-electron chi connectivity index (χ3n) is 5.21. The Bertz CT molecular complexity index is 744. The molecule has 0 saturated carbocycles. The zero-order valence-corrected chi connectivity index (χ0v) is 16.0. The van der Waals surface area contributed by atoms with Gasteiger partial charge in [-0.3, -0.25) is 0 Å². The van der Waals surface area contributed by atoms with Crippen molar-refractivity contribution < 1.29 is 13.2 Å². The van der Waals surface area contributed by atoms with Crippen molar-refractivity contribution in [2.75, 3.05) is 18.1 Å². The second-order valence-electron chi connectivity index (χ2n) is 7.26. The van der Waals surface area contributed by atoms with Gasteiger partial charge in [-0.15, -0.1) is 0 Å². The summed E-state index contributed by atoms with van der Waals surface area (Å²) in [6.45, 7) is 1.05. The average Bonchev–Trinajstić information content (AvgIpc) is 3.01. The first-order chi connectivity index (χ1) is 12.5. The van der Waals surface area contributed by atoms with Gasteiger partial charge in [-0.2, -0.15) is 0 Å². The van der Waals surface area contributed by atoms with Gasteiger partial charge >= 0.3 is 6.03 Å². The van der Waals surface area contributed by atoms with E-state index >= 15 is 0 Å². The maximum atomic E-state index is 12.8. The Hall–Kier alpha value is -1.82. The highest BCUT2D eigenvalue weighted by molar-refractivity contribution is 7.91. The second kappa shape index (κ2) is 8.71. The van der Waals surface area contributed by atoms with Crippen LogP contribution in [0.3, 0.4) is 0 Å². The fourth-order valence-corrected chi connectivity index (χ4v) is 5.46. The van der Waals surface area contributed by atoms with Crippen molar-refractivity contribution in [2.24, 2.45) is 0 Å². The number of carbonyl (C=O) groups excluding carboxylic acids is 1. The third-order valence-corrected chi connectivity index (χ3v) is 6.96. The number of rotatable bonds is 6. The Kier molecular flexibility index (Phi) is 6.35. The molecule has 1 heterocycles. The molecule has 0 aromatic heterocycles. The van der Waals surface area contributed by atoms with E-state index < -0.39 is 9.84 Å². The molecule has 1 atom stereocenters. The summed E-state index contributed by atoms with van der Waals surface area (Å²) in [6, 6.07) is 9.35. The van der Waals surface area contributed by atoms with E-state index in [1.807, 2.05) is 30.3 Å². The molecule has 142 valence electrons. The average molecular weight is 377 g/mol. The van der Waals surface area contributed by atoms with E-state index in [0.717, 1.165) is 24.8 Å². The minimum Gasteiger partial charge on any atom is -0.338 e. The molecular weight excluding hydrogens is 348 g/mol. The van der Waals surface area contributed by atoms with Crippen LogP contribution in [0.5, 0.6) is 0 Å². The quantitative estimate of drug-likeness (QED) is 0.775. The molecule has 2 amide bonds. The monoisotopic (exact) mass is 376 g/mol. The summed E-state index contributed by atoms with van der Waals surface area (Å²) < 4.78 is 23.8. The van der Waals surface area contributed by atoms with Crippen LogP contribution < -0.4 is 5.32 Å². The Balaban J connectivity index is 1.62. The zero-order valence-electron chi connectivity index (χ0n) is 15.2. The highest BCUT2D eigenvalue weighted by atomic mass is 32.2. The van der Waals surface area contributed by atoms with Crippen LogP contribution in [-0.2, 0) is 16.4 Å². The number of amides is 2. The van der Waals surface area contributed by atoms with Crippen molar-refractivity contribution in [3.05, 3.63) is 47.5 Å². The Morgan fingerprint density at radius 3 is 2.65 bits per heavy atom. The predicted molar refractivity (Wildman–Crippen MR) is 104 cm³/mol. The van der Waals surface area contributed by atoms with Crippen LogP contribution >= 0.6 is 0 Å². The Morgan fingerprint density at radius 1 is 1.19 bits per heavy atom. The lowest BCUT2D eigenvalue weighted by molar-refractivity contribution is 0.176. The summed E-state index contributed by atoms with van der Waals surface area (Å²) in [7, 11) is -3.03. The molecule has 0 bridgehead atoms. The van der Waals surface area contributed by atoms with Crippen LogP contribution in [0.2, 0.25) is 0 Å². The van der Waals surface area contributed by atoms with E-state index in [2.05, 4.69) is 11.4 Å². The van der Waals surface area contributed by atoms with Crippen molar-refractivity contribution in [3.63, 3.8) is 0 Å². The lowest BCUT2D eigenvalue weighted by Gasteiger charge is -2.28. The number of benzene rings is 1. The first-order valence-corrected chi connectivity index (χ1v) is 11.3. The van der Waals surface area contributed by atoms with Gasteiger partial charge in [0, 0.05) is 19.1 Å². The zero-order chi connectivity index (χ0) is 18.4. The van der Waals surface area contributed by atoms with E-state index in [0.29, 0.717) is 19.5 Å². The number of nitrogens with one attached hydrogen (secondary N) is 1. The number of sulfone groups is 1. The van der Waals surface area contributed by atoms with Gasteiger partial charge in [0.15, 0.2) is 9.84 Å². The van der Waals surface area contributed by atoms with Gasteiger partial charge in [0.25, 0.3) is 0 Å². The van der Waals surface area contributed by atoms with Crippen LogP contribution in [0, 0.1) is 0 Å². The largest absolute Gasteiger partial charge is 0.338 e. The van der Waals surface area contributed by atoms with Crippen LogP contribution in [0.15, 0.2) is 42.0 Å². The van der Waals surface area contributed by atoms with E-state index in [-0.39, 0.29) is 23.6 Å². The number of allylic oxidation sites excluding steroid dienone is 1. The minimum atomic E-state index is -3.03. The first-order valence-electron chi connectivity index (χ1n) is 9.50. The summed E-state index contributed by atoms with van der Waals surface area (Å²) in [5, 5.41) is 3.01. The topological polar surface area (TPSA) is 66.5 Å². The summed E-state index contributed by atoms with van der Waals surface area (Å²) in [4.78, 5) is 14.5. The summed E-state index contributed by atoms with van der Waals surface area (Å²) in [5.74, 6) is 0.238. The second-order valence-corrected chi connectivity index (χ2v) is 9.49. The molecule has 1 fully saturated rings. The number of hydrogen-bond donors (Lipinski definition) is 1. The molecule has 1 aliphatic heterocycles. The van der Waals surface area contributed by atoms with Gasteiger partial charge in [0.05, 0.1) is 11.5 Å². The number of urea groups is 1.